The van der Waals surface area contributed by atoms with Crippen molar-refractivity contribution in [3.05, 3.63) is 72.7 Å². The molecular weight excluding hydrogens is 496 g/mol. The van der Waals surface area contributed by atoms with Crippen LogP contribution in [-0.4, -0.2) is 58.6 Å². The van der Waals surface area contributed by atoms with E-state index < -0.39 is 11.8 Å². The maximum atomic E-state index is 14.8. The molecule has 11 heteroatoms. The van der Waals surface area contributed by atoms with E-state index in [1.807, 2.05) is 24.3 Å². The fraction of sp³-hybridized carbons (Fsp3) is 0.231. The number of pyridine rings is 1. The lowest BCUT2D eigenvalue weighted by molar-refractivity contribution is 0.219. The predicted molar refractivity (Wildman–Crippen MR) is 141 cm³/mol. The number of halogens is 2. The summed E-state index contributed by atoms with van der Waals surface area (Å²) >= 11 is 1.38. The van der Waals surface area contributed by atoms with Gasteiger partial charge in [0.25, 0.3) is 0 Å². The second kappa shape index (κ2) is 11.0. The first kappa shape index (κ1) is 24.7. The molecule has 1 aromatic carbocycles. The molecule has 37 heavy (non-hydrogen) atoms. The molecule has 190 valence electrons. The average Bonchev–Trinajstić information content (AvgIpc) is 3.52. The number of benzene rings is 1. The zero-order valence-corrected chi connectivity index (χ0v) is 20.7. The normalized spacial score (nSPS) is 13.2. The van der Waals surface area contributed by atoms with Gasteiger partial charge in [-0.2, -0.15) is 4.39 Å². The Morgan fingerprint density at radius 2 is 2.08 bits per heavy atom. The van der Waals surface area contributed by atoms with Crippen molar-refractivity contribution in [3.8, 4) is 21.7 Å². The molecule has 8 nitrogen and oxygen atoms in total. The smallest absolute Gasteiger partial charge is 0.317 e. The van der Waals surface area contributed by atoms with Gasteiger partial charge in [-0.25, -0.2) is 24.1 Å². The molecule has 1 aliphatic heterocycles. The standard InChI is InChI=1S/C26H25F2N7OS/c1-2-6-29-13-17-14-32-22(28)12-19(17)18-5-3-4-16-11-21(37-24(16)18)23-20(27)15-33-25(34-23)30-7-9-35-10-8-31-26(35)36/h2-5,11-12,14-15,29H,1,6-10,13H2,(H,31,36)(H,30,33,34). The van der Waals surface area contributed by atoms with Crippen LogP contribution in [0.3, 0.4) is 0 Å². The molecule has 0 saturated carbocycles. The molecule has 0 aliphatic carbocycles. The van der Waals surface area contributed by atoms with Crippen molar-refractivity contribution in [1.82, 2.24) is 30.5 Å². The van der Waals surface area contributed by atoms with Crippen LogP contribution in [0.15, 0.2) is 55.4 Å². The van der Waals surface area contributed by atoms with Crippen LogP contribution in [0.2, 0.25) is 0 Å². The summed E-state index contributed by atoms with van der Waals surface area (Å²) < 4.78 is 29.9. The van der Waals surface area contributed by atoms with Crippen molar-refractivity contribution in [2.24, 2.45) is 0 Å². The molecule has 0 atom stereocenters. The van der Waals surface area contributed by atoms with Gasteiger partial charge in [-0.05, 0) is 22.6 Å². The first-order valence-corrected chi connectivity index (χ1v) is 12.6. The van der Waals surface area contributed by atoms with Gasteiger partial charge >= 0.3 is 6.03 Å². The zero-order valence-electron chi connectivity index (χ0n) is 19.9. The number of fused-ring (bicyclic) bond motifs is 1. The summed E-state index contributed by atoms with van der Waals surface area (Å²) in [5.74, 6) is -0.831. The van der Waals surface area contributed by atoms with Gasteiger partial charge in [0.15, 0.2) is 5.82 Å². The van der Waals surface area contributed by atoms with Gasteiger partial charge in [0.1, 0.15) is 5.69 Å². The Morgan fingerprint density at radius 1 is 1.19 bits per heavy atom. The number of nitrogens with one attached hydrogen (secondary N) is 3. The lowest BCUT2D eigenvalue weighted by Gasteiger charge is -2.14. The van der Waals surface area contributed by atoms with Crippen LogP contribution in [0.4, 0.5) is 19.5 Å². The molecule has 5 rings (SSSR count). The maximum Gasteiger partial charge on any atom is 0.317 e. The third kappa shape index (κ3) is 5.42. The lowest BCUT2D eigenvalue weighted by atomic mass is 10.0. The van der Waals surface area contributed by atoms with Crippen LogP contribution in [-0.2, 0) is 6.54 Å². The molecule has 0 unspecified atom stereocenters. The molecule has 4 aromatic rings. The van der Waals surface area contributed by atoms with Crippen molar-refractivity contribution < 1.29 is 13.6 Å². The van der Waals surface area contributed by atoms with E-state index in [9.17, 15) is 13.6 Å². The monoisotopic (exact) mass is 521 g/mol. The largest absolute Gasteiger partial charge is 0.352 e. The highest BCUT2D eigenvalue weighted by Gasteiger charge is 2.19. The van der Waals surface area contributed by atoms with E-state index in [0.717, 1.165) is 33.0 Å². The fourth-order valence-corrected chi connectivity index (χ4v) is 5.38. The number of urea groups is 1. The van der Waals surface area contributed by atoms with E-state index in [0.29, 0.717) is 44.1 Å². The van der Waals surface area contributed by atoms with Crippen LogP contribution in [0.1, 0.15) is 5.56 Å². The van der Waals surface area contributed by atoms with Crippen molar-refractivity contribution in [3.63, 3.8) is 0 Å². The van der Waals surface area contributed by atoms with Crippen LogP contribution >= 0.6 is 11.3 Å². The minimum Gasteiger partial charge on any atom is -0.352 e. The molecule has 1 fully saturated rings. The minimum absolute atomic E-state index is 0.0997. The van der Waals surface area contributed by atoms with E-state index in [-0.39, 0.29) is 17.7 Å². The van der Waals surface area contributed by atoms with Crippen LogP contribution in [0.25, 0.3) is 31.8 Å². The molecule has 4 heterocycles. The summed E-state index contributed by atoms with van der Waals surface area (Å²) in [5, 5.41) is 9.95. The molecule has 0 spiro atoms. The van der Waals surface area contributed by atoms with E-state index in [4.69, 9.17) is 0 Å². The number of carbonyl (C=O) groups is 1. The Balaban J connectivity index is 1.44. The first-order chi connectivity index (χ1) is 18.0. The van der Waals surface area contributed by atoms with E-state index in [1.165, 1.54) is 23.6 Å². The molecule has 0 radical (unpaired) electrons. The topological polar surface area (TPSA) is 95.1 Å². The summed E-state index contributed by atoms with van der Waals surface area (Å²) in [6.45, 7) is 7.01. The number of thiophene rings is 1. The Morgan fingerprint density at radius 3 is 2.89 bits per heavy atom. The van der Waals surface area contributed by atoms with Crippen molar-refractivity contribution in [2.75, 3.05) is 38.0 Å². The van der Waals surface area contributed by atoms with Gasteiger partial charge in [-0.1, -0.05) is 24.3 Å². The molecule has 2 amide bonds. The Kier molecular flexibility index (Phi) is 7.33. The second-order valence-corrected chi connectivity index (χ2v) is 9.51. The first-order valence-electron chi connectivity index (χ1n) is 11.8. The highest BCUT2D eigenvalue weighted by atomic mass is 32.1. The van der Waals surface area contributed by atoms with Crippen molar-refractivity contribution in [2.45, 2.75) is 6.54 Å². The fourth-order valence-electron chi connectivity index (χ4n) is 4.20. The van der Waals surface area contributed by atoms with Gasteiger partial charge in [0.05, 0.1) is 11.1 Å². The predicted octanol–water partition coefficient (Wildman–Crippen LogP) is 4.41. The van der Waals surface area contributed by atoms with E-state index >= 15 is 0 Å². The van der Waals surface area contributed by atoms with E-state index in [1.54, 1.807) is 11.0 Å². The molecule has 1 aliphatic rings. The summed E-state index contributed by atoms with van der Waals surface area (Å²) in [6, 6.07) is 8.95. The van der Waals surface area contributed by atoms with Crippen LogP contribution in [0.5, 0.6) is 0 Å². The Labute approximate surface area is 216 Å². The summed E-state index contributed by atoms with van der Waals surface area (Å²) in [4.78, 5) is 26.3. The third-order valence-corrected chi connectivity index (χ3v) is 7.17. The number of carbonyl (C=O) groups excluding carboxylic acids is 1. The summed E-state index contributed by atoms with van der Waals surface area (Å²) in [7, 11) is 0. The minimum atomic E-state index is -0.569. The molecule has 1 saturated heterocycles. The van der Waals surface area contributed by atoms with Gasteiger partial charge in [0, 0.05) is 61.8 Å². The highest BCUT2D eigenvalue weighted by Crippen LogP contribution is 2.40. The Bertz CT molecular complexity index is 1460. The van der Waals surface area contributed by atoms with Crippen molar-refractivity contribution in [1.29, 1.82) is 0 Å². The molecule has 0 bridgehead atoms. The molecule has 3 aromatic heterocycles. The number of aromatic nitrogens is 3. The second-order valence-electron chi connectivity index (χ2n) is 8.45. The molecular formula is C26H25F2N7OS. The van der Waals surface area contributed by atoms with Crippen molar-refractivity contribution >= 4 is 33.4 Å². The van der Waals surface area contributed by atoms with Gasteiger partial charge in [-0.15, -0.1) is 17.9 Å². The summed E-state index contributed by atoms with van der Waals surface area (Å²) in [5.41, 5.74) is 2.58. The Hall–Kier alpha value is -3.96. The van der Waals surface area contributed by atoms with Gasteiger partial charge in [-0.3, -0.25) is 0 Å². The number of rotatable bonds is 10. The number of nitrogens with zero attached hydrogens (tertiary/aromatic N) is 4. The maximum absolute atomic E-state index is 14.8. The highest BCUT2D eigenvalue weighted by molar-refractivity contribution is 7.22. The van der Waals surface area contributed by atoms with Gasteiger partial charge in [0.2, 0.25) is 11.9 Å². The van der Waals surface area contributed by atoms with E-state index in [2.05, 4.69) is 37.5 Å². The average molecular weight is 522 g/mol. The number of anilines is 1. The number of hydrogen-bond donors (Lipinski definition) is 3. The van der Waals surface area contributed by atoms with Crippen LogP contribution < -0.4 is 16.0 Å². The van der Waals surface area contributed by atoms with Gasteiger partial charge < -0.3 is 20.9 Å². The SMILES string of the molecule is C=CCNCc1cnc(F)cc1-c1cccc2cc(-c3nc(NCCN4CCNC4=O)ncc3F)sc12. The van der Waals surface area contributed by atoms with Crippen LogP contribution in [0, 0.1) is 11.8 Å². The lowest BCUT2D eigenvalue weighted by Crippen LogP contribution is -2.32. The molecule has 3 N–H and O–H groups in total. The summed E-state index contributed by atoms with van der Waals surface area (Å²) in [6.07, 6.45) is 4.42. The number of amides is 2. The third-order valence-electron chi connectivity index (χ3n) is 5.98. The quantitative estimate of drug-likeness (QED) is 0.163. The zero-order chi connectivity index (χ0) is 25.8. The number of hydrogen-bond acceptors (Lipinski definition) is 7.